The zero-order chi connectivity index (χ0) is 9.52. The van der Waals surface area contributed by atoms with Gasteiger partial charge in [-0.3, -0.25) is 0 Å². The average molecular weight is 223 g/mol. The maximum atomic E-state index is 5.94. The molecule has 0 N–H and O–H groups in total. The summed E-state index contributed by atoms with van der Waals surface area (Å²) in [7, 11) is 0. The number of halogens is 2. The van der Waals surface area contributed by atoms with E-state index in [1.165, 1.54) is 57.8 Å². The zero-order valence-electron chi connectivity index (χ0n) is 8.27. The van der Waals surface area contributed by atoms with Gasteiger partial charge in [-0.2, -0.15) is 0 Å². The second-order valence-electron chi connectivity index (χ2n) is 4.15. The first-order chi connectivity index (χ1) is 6.30. The van der Waals surface area contributed by atoms with E-state index in [0.717, 1.165) is 0 Å². The van der Waals surface area contributed by atoms with Gasteiger partial charge in [-0.05, 0) is 18.8 Å². The molecule has 1 fully saturated rings. The molecule has 1 aliphatic carbocycles. The summed E-state index contributed by atoms with van der Waals surface area (Å²) in [6.45, 7) is 0. The van der Waals surface area contributed by atoms with E-state index in [9.17, 15) is 0 Å². The zero-order valence-corrected chi connectivity index (χ0v) is 9.79. The van der Waals surface area contributed by atoms with Crippen molar-refractivity contribution in [3.05, 3.63) is 0 Å². The van der Waals surface area contributed by atoms with Crippen molar-refractivity contribution in [2.75, 3.05) is 0 Å². The highest BCUT2D eigenvalue weighted by Gasteiger charge is 2.16. The summed E-state index contributed by atoms with van der Waals surface area (Å²) in [6.07, 6.45) is 12.1. The third-order valence-corrected chi connectivity index (χ3v) is 3.72. The molecular formula is C11H20Cl2. The van der Waals surface area contributed by atoms with Gasteiger partial charge in [0.15, 0.2) is 0 Å². The fourth-order valence-corrected chi connectivity index (χ4v) is 2.60. The van der Waals surface area contributed by atoms with Crippen molar-refractivity contribution >= 4 is 23.2 Å². The van der Waals surface area contributed by atoms with Gasteiger partial charge < -0.3 is 0 Å². The Bertz CT molecular complexity index is 113. The lowest BCUT2D eigenvalue weighted by molar-refractivity contribution is 0.406. The first-order valence-corrected chi connectivity index (χ1v) is 6.46. The largest absolute Gasteiger partial charge is 0.110 e. The summed E-state index contributed by atoms with van der Waals surface area (Å²) in [5.74, 6) is 0.557. The van der Waals surface area contributed by atoms with Crippen LogP contribution in [0.4, 0.5) is 0 Å². The molecule has 0 bridgehead atoms. The smallest absolute Gasteiger partial charge is 0.105 e. The van der Waals surface area contributed by atoms with Gasteiger partial charge in [0, 0.05) is 0 Å². The van der Waals surface area contributed by atoms with Crippen molar-refractivity contribution in [3.63, 3.8) is 0 Å². The summed E-state index contributed by atoms with van der Waals surface area (Å²) in [5.41, 5.74) is 0. The first-order valence-electron chi connectivity index (χ1n) is 5.59. The summed E-state index contributed by atoms with van der Waals surface area (Å²) in [6, 6.07) is 0. The quantitative estimate of drug-likeness (QED) is 0.553. The van der Waals surface area contributed by atoms with Crippen LogP contribution in [0.1, 0.15) is 57.8 Å². The topological polar surface area (TPSA) is 0 Å². The molecule has 0 radical (unpaired) electrons. The lowest BCUT2D eigenvalue weighted by atomic mass is 9.93. The molecule has 0 nitrogen and oxygen atoms in total. The third-order valence-electron chi connectivity index (χ3n) is 3.01. The molecule has 0 aromatic carbocycles. The van der Waals surface area contributed by atoms with Crippen LogP contribution in [0.25, 0.3) is 0 Å². The van der Waals surface area contributed by atoms with Crippen molar-refractivity contribution < 1.29 is 0 Å². The Kier molecular flexibility index (Phi) is 6.23. The van der Waals surface area contributed by atoms with Crippen LogP contribution in [0, 0.1) is 5.92 Å². The van der Waals surface area contributed by atoms with Crippen molar-refractivity contribution in [2.24, 2.45) is 5.92 Å². The molecule has 0 aromatic heterocycles. The Hall–Kier alpha value is 0.580. The minimum absolute atomic E-state index is 0.139. The van der Waals surface area contributed by atoms with Crippen LogP contribution < -0.4 is 0 Å². The minimum Gasteiger partial charge on any atom is -0.105 e. The normalized spacial score (nSPS) is 23.3. The molecule has 78 valence electrons. The van der Waals surface area contributed by atoms with Crippen LogP contribution in [0.15, 0.2) is 0 Å². The Balaban J connectivity index is 2.26. The second kappa shape index (κ2) is 6.95. The second-order valence-corrected chi connectivity index (χ2v) is 5.31. The van der Waals surface area contributed by atoms with E-state index in [4.69, 9.17) is 23.2 Å². The molecule has 0 heterocycles. The van der Waals surface area contributed by atoms with E-state index in [1.807, 2.05) is 0 Å². The van der Waals surface area contributed by atoms with Crippen molar-refractivity contribution in [1.29, 1.82) is 0 Å². The molecule has 1 aliphatic rings. The first kappa shape index (κ1) is 11.7. The molecule has 0 aromatic rings. The third kappa shape index (κ3) is 5.12. The summed E-state index contributed by atoms with van der Waals surface area (Å²) in [4.78, 5) is -0.139. The Morgan fingerprint density at radius 2 is 1.08 bits per heavy atom. The SMILES string of the molecule is ClC(Cl)C1CCCCCCCCC1. The Morgan fingerprint density at radius 1 is 0.692 bits per heavy atom. The lowest BCUT2D eigenvalue weighted by Crippen LogP contribution is -2.10. The summed E-state index contributed by atoms with van der Waals surface area (Å²) < 4.78 is 0. The molecule has 0 spiro atoms. The van der Waals surface area contributed by atoms with Crippen LogP contribution in [-0.4, -0.2) is 4.84 Å². The van der Waals surface area contributed by atoms with Gasteiger partial charge in [-0.15, -0.1) is 23.2 Å². The molecule has 1 saturated carbocycles. The van der Waals surface area contributed by atoms with Crippen LogP contribution in [-0.2, 0) is 0 Å². The maximum absolute atomic E-state index is 5.94. The fraction of sp³-hybridized carbons (Fsp3) is 1.00. The van der Waals surface area contributed by atoms with Gasteiger partial charge in [-0.25, -0.2) is 0 Å². The molecular weight excluding hydrogens is 203 g/mol. The van der Waals surface area contributed by atoms with Gasteiger partial charge in [0.25, 0.3) is 0 Å². The van der Waals surface area contributed by atoms with E-state index in [0.29, 0.717) is 5.92 Å². The van der Waals surface area contributed by atoms with E-state index in [1.54, 1.807) is 0 Å². The van der Waals surface area contributed by atoms with Gasteiger partial charge in [-0.1, -0.05) is 44.9 Å². The Morgan fingerprint density at radius 3 is 1.46 bits per heavy atom. The number of hydrogen-bond donors (Lipinski definition) is 0. The maximum Gasteiger partial charge on any atom is 0.110 e. The molecule has 0 unspecified atom stereocenters. The average Bonchev–Trinajstić information content (AvgIpc) is 2.14. The molecule has 0 saturated heterocycles. The Labute approximate surface area is 92.0 Å². The van der Waals surface area contributed by atoms with E-state index in [-0.39, 0.29) is 4.84 Å². The minimum atomic E-state index is -0.139. The van der Waals surface area contributed by atoms with E-state index < -0.39 is 0 Å². The van der Waals surface area contributed by atoms with Crippen LogP contribution in [0.5, 0.6) is 0 Å². The molecule has 2 heteroatoms. The van der Waals surface area contributed by atoms with Crippen LogP contribution in [0.2, 0.25) is 0 Å². The van der Waals surface area contributed by atoms with Crippen LogP contribution in [0.3, 0.4) is 0 Å². The van der Waals surface area contributed by atoms with Crippen LogP contribution >= 0.6 is 23.2 Å². The molecule has 1 rings (SSSR count). The summed E-state index contributed by atoms with van der Waals surface area (Å²) >= 11 is 11.9. The van der Waals surface area contributed by atoms with Crippen molar-refractivity contribution in [3.8, 4) is 0 Å². The van der Waals surface area contributed by atoms with Gasteiger partial charge in [0.2, 0.25) is 0 Å². The predicted octanol–water partition coefficient (Wildman–Crippen LogP) is 4.93. The van der Waals surface area contributed by atoms with Gasteiger partial charge >= 0.3 is 0 Å². The highest BCUT2D eigenvalue weighted by Crippen LogP contribution is 2.28. The fourth-order valence-electron chi connectivity index (χ4n) is 2.09. The molecule has 13 heavy (non-hydrogen) atoms. The lowest BCUT2D eigenvalue weighted by Gasteiger charge is -2.18. The molecule has 0 amide bonds. The standard InChI is InChI=1S/C11H20Cl2/c12-11(13)10-8-6-4-2-1-3-5-7-9-10/h10-11H,1-9H2. The van der Waals surface area contributed by atoms with Gasteiger partial charge in [0.05, 0.1) is 0 Å². The highest BCUT2D eigenvalue weighted by molar-refractivity contribution is 6.44. The summed E-state index contributed by atoms with van der Waals surface area (Å²) in [5, 5.41) is 0. The predicted molar refractivity (Wildman–Crippen MR) is 60.5 cm³/mol. The number of hydrogen-bond acceptors (Lipinski definition) is 0. The molecule has 0 atom stereocenters. The monoisotopic (exact) mass is 222 g/mol. The number of rotatable bonds is 1. The highest BCUT2D eigenvalue weighted by atomic mass is 35.5. The van der Waals surface area contributed by atoms with Crippen molar-refractivity contribution in [1.82, 2.24) is 0 Å². The number of alkyl halides is 2. The van der Waals surface area contributed by atoms with Crippen molar-refractivity contribution in [2.45, 2.75) is 62.6 Å². The molecule has 0 aliphatic heterocycles. The van der Waals surface area contributed by atoms with E-state index in [2.05, 4.69) is 0 Å². The van der Waals surface area contributed by atoms with E-state index >= 15 is 0 Å². The van der Waals surface area contributed by atoms with Gasteiger partial charge in [0.1, 0.15) is 4.84 Å².